The Hall–Kier alpha value is -1.53. The molecule has 2 N–H and O–H groups in total. The van der Waals surface area contributed by atoms with E-state index < -0.39 is 19.1 Å². The minimum atomic E-state index is -1.13. The van der Waals surface area contributed by atoms with E-state index in [1.54, 1.807) is 12.1 Å². The van der Waals surface area contributed by atoms with Crippen LogP contribution in [-0.2, 0) is 11.2 Å². The SMILES string of the molecule is COC1Cc2cccc(C(=O)O)c2OB1O. The molecule has 0 amide bonds. The Morgan fingerprint density at radius 1 is 1.62 bits per heavy atom. The van der Waals surface area contributed by atoms with Crippen molar-refractivity contribution in [3.8, 4) is 5.75 Å². The number of fused-ring (bicyclic) bond motifs is 1. The number of benzene rings is 1. The van der Waals surface area contributed by atoms with E-state index in [-0.39, 0.29) is 11.3 Å². The number of carbonyl (C=O) groups is 1. The molecule has 1 aromatic rings. The first kappa shape index (κ1) is 11.0. The van der Waals surface area contributed by atoms with E-state index >= 15 is 0 Å². The normalized spacial score (nSPS) is 18.9. The zero-order valence-corrected chi connectivity index (χ0v) is 8.71. The lowest BCUT2D eigenvalue weighted by Crippen LogP contribution is -2.43. The molecule has 5 nitrogen and oxygen atoms in total. The summed E-state index contributed by atoms with van der Waals surface area (Å²) < 4.78 is 10.2. The minimum Gasteiger partial charge on any atom is -0.534 e. The number of methoxy groups -OCH3 is 1. The summed E-state index contributed by atoms with van der Waals surface area (Å²) >= 11 is 0. The van der Waals surface area contributed by atoms with E-state index in [2.05, 4.69) is 0 Å². The van der Waals surface area contributed by atoms with Crippen molar-refractivity contribution in [3.63, 3.8) is 0 Å². The predicted octanol–water partition coefficient (Wildman–Crippen LogP) is 0.354. The van der Waals surface area contributed by atoms with E-state index in [4.69, 9.17) is 14.5 Å². The van der Waals surface area contributed by atoms with Gasteiger partial charge in [0.1, 0.15) is 11.8 Å². The van der Waals surface area contributed by atoms with Crippen LogP contribution in [0.5, 0.6) is 5.75 Å². The molecule has 84 valence electrons. The maximum absolute atomic E-state index is 10.9. The molecule has 0 saturated heterocycles. The average Bonchev–Trinajstić information content (AvgIpc) is 2.27. The van der Waals surface area contributed by atoms with E-state index in [1.165, 1.54) is 13.2 Å². The van der Waals surface area contributed by atoms with Gasteiger partial charge in [-0.25, -0.2) is 4.79 Å². The van der Waals surface area contributed by atoms with E-state index in [9.17, 15) is 9.82 Å². The molecule has 16 heavy (non-hydrogen) atoms. The predicted molar refractivity (Wildman–Crippen MR) is 56.5 cm³/mol. The lowest BCUT2D eigenvalue weighted by atomic mass is 9.74. The molecular formula is C10H11BO5. The van der Waals surface area contributed by atoms with Crippen molar-refractivity contribution in [2.24, 2.45) is 0 Å². The van der Waals surface area contributed by atoms with Gasteiger partial charge in [-0.2, -0.15) is 0 Å². The second-order valence-electron chi connectivity index (χ2n) is 3.59. The summed E-state index contributed by atoms with van der Waals surface area (Å²) in [6.07, 6.45) is 0.439. The highest BCUT2D eigenvalue weighted by Gasteiger charge is 2.36. The molecule has 0 spiro atoms. The van der Waals surface area contributed by atoms with Crippen LogP contribution >= 0.6 is 0 Å². The summed E-state index contributed by atoms with van der Waals surface area (Å²) in [5, 5.41) is 18.5. The van der Waals surface area contributed by atoms with Gasteiger partial charge in [-0.15, -0.1) is 0 Å². The highest BCUT2D eigenvalue weighted by molar-refractivity contribution is 6.46. The van der Waals surface area contributed by atoms with Gasteiger partial charge in [-0.05, 0) is 11.6 Å². The molecule has 1 unspecified atom stereocenters. The number of para-hydroxylation sites is 1. The zero-order chi connectivity index (χ0) is 11.7. The average molecular weight is 222 g/mol. The zero-order valence-electron chi connectivity index (χ0n) is 8.71. The largest absolute Gasteiger partial charge is 0.554 e. The van der Waals surface area contributed by atoms with Crippen molar-refractivity contribution in [1.29, 1.82) is 0 Å². The number of carboxylic acid groups (broad SMARTS) is 1. The van der Waals surface area contributed by atoms with Crippen LogP contribution in [-0.4, -0.2) is 36.3 Å². The molecule has 1 aliphatic rings. The molecule has 0 fully saturated rings. The maximum atomic E-state index is 10.9. The molecule has 0 aliphatic carbocycles. The number of carboxylic acids is 1. The molecule has 2 rings (SSSR count). The molecule has 0 saturated carbocycles. The molecule has 1 atom stereocenters. The van der Waals surface area contributed by atoms with Gasteiger partial charge in [0.05, 0.1) is 5.56 Å². The van der Waals surface area contributed by atoms with Crippen LogP contribution in [0.4, 0.5) is 0 Å². The number of aromatic carboxylic acids is 1. The fourth-order valence-electron chi connectivity index (χ4n) is 1.77. The van der Waals surface area contributed by atoms with Crippen LogP contribution in [0.2, 0.25) is 0 Å². The minimum absolute atomic E-state index is 0.0612. The van der Waals surface area contributed by atoms with Crippen LogP contribution in [0.25, 0.3) is 0 Å². The van der Waals surface area contributed by atoms with Gasteiger partial charge >= 0.3 is 13.1 Å². The second-order valence-corrected chi connectivity index (χ2v) is 3.59. The summed E-state index contributed by atoms with van der Waals surface area (Å²) in [4.78, 5) is 10.9. The topological polar surface area (TPSA) is 76.0 Å². The third-order valence-corrected chi connectivity index (χ3v) is 2.61. The summed E-state index contributed by atoms with van der Waals surface area (Å²) in [7, 11) is 0.349. The summed E-state index contributed by atoms with van der Waals surface area (Å²) in [5.41, 5.74) is 0.795. The monoisotopic (exact) mass is 222 g/mol. The Kier molecular flexibility index (Phi) is 2.85. The summed E-state index contributed by atoms with van der Waals surface area (Å²) in [6, 6.07) is 4.40. The fourth-order valence-corrected chi connectivity index (χ4v) is 1.77. The molecule has 1 heterocycles. The number of ether oxygens (including phenoxy) is 1. The first-order valence-corrected chi connectivity index (χ1v) is 4.86. The van der Waals surface area contributed by atoms with Gasteiger partial charge in [-0.1, -0.05) is 12.1 Å². The molecular weight excluding hydrogens is 211 g/mol. The van der Waals surface area contributed by atoms with E-state index in [0.29, 0.717) is 6.42 Å². The molecule has 0 aromatic heterocycles. The van der Waals surface area contributed by atoms with Gasteiger partial charge in [0.15, 0.2) is 0 Å². The van der Waals surface area contributed by atoms with Crippen molar-refractivity contribution >= 4 is 13.1 Å². The third kappa shape index (κ3) is 1.77. The Labute approximate surface area is 92.8 Å². The fraction of sp³-hybridized carbons (Fsp3) is 0.300. The van der Waals surface area contributed by atoms with Crippen LogP contribution in [0.15, 0.2) is 18.2 Å². The van der Waals surface area contributed by atoms with Crippen molar-refractivity contribution in [2.75, 3.05) is 7.11 Å². The number of rotatable bonds is 2. The molecule has 6 heteroatoms. The Balaban J connectivity index is 2.42. The standard InChI is InChI=1S/C10H11BO5/c1-15-8-5-6-3-2-4-7(10(12)13)9(6)16-11(8)14/h2-4,8,14H,5H2,1H3,(H,12,13). The van der Waals surface area contributed by atoms with Crippen LogP contribution < -0.4 is 4.65 Å². The lowest BCUT2D eigenvalue weighted by Gasteiger charge is -2.27. The first-order chi connectivity index (χ1) is 7.63. The van der Waals surface area contributed by atoms with Crippen molar-refractivity contribution in [1.82, 2.24) is 0 Å². The quantitative estimate of drug-likeness (QED) is 0.706. The Bertz CT molecular complexity index is 420. The van der Waals surface area contributed by atoms with Crippen molar-refractivity contribution < 1.29 is 24.3 Å². The maximum Gasteiger partial charge on any atom is 0.554 e. The number of hydrogen-bond donors (Lipinski definition) is 2. The lowest BCUT2D eigenvalue weighted by molar-refractivity contribution is 0.0692. The van der Waals surface area contributed by atoms with E-state index in [1.807, 2.05) is 0 Å². The Morgan fingerprint density at radius 3 is 3.00 bits per heavy atom. The van der Waals surface area contributed by atoms with Crippen LogP contribution in [0.1, 0.15) is 15.9 Å². The molecule has 1 aliphatic heterocycles. The number of hydrogen-bond acceptors (Lipinski definition) is 4. The van der Waals surface area contributed by atoms with Gasteiger partial charge < -0.3 is 19.5 Å². The highest BCUT2D eigenvalue weighted by Crippen LogP contribution is 2.30. The smallest absolute Gasteiger partial charge is 0.534 e. The van der Waals surface area contributed by atoms with Gasteiger partial charge in [-0.3, -0.25) is 0 Å². The second kappa shape index (κ2) is 4.15. The molecule has 0 radical (unpaired) electrons. The van der Waals surface area contributed by atoms with E-state index in [0.717, 1.165) is 5.56 Å². The molecule has 1 aromatic carbocycles. The van der Waals surface area contributed by atoms with Gasteiger partial charge in [0.2, 0.25) is 0 Å². The van der Waals surface area contributed by atoms with Crippen molar-refractivity contribution in [3.05, 3.63) is 29.3 Å². The van der Waals surface area contributed by atoms with Crippen LogP contribution in [0.3, 0.4) is 0 Å². The third-order valence-electron chi connectivity index (χ3n) is 2.61. The van der Waals surface area contributed by atoms with Crippen molar-refractivity contribution in [2.45, 2.75) is 12.4 Å². The summed E-state index contributed by atoms with van der Waals surface area (Å²) in [5.74, 6) is -0.837. The summed E-state index contributed by atoms with van der Waals surface area (Å²) in [6.45, 7) is 0. The molecule has 0 bridgehead atoms. The Morgan fingerprint density at radius 2 is 2.38 bits per heavy atom. The first-order valence-electron chi connectivity index (χ1n) is 4.86. The van der Waals surface area contributed by atoms with Crippen LogP contribution in [0, 0.1) is 0 Å². The van der Waals surface area contributed by atoms with Gasteiger partial charge in [0, 0.05) is 13.5 Å². The van der Waals surface area contributed by atoms with Gasteiger partial charge in [0.25, 0.3) is 0 Å². The highest BCUT2D eigenvalue weighted by atomic mass is 16.6.